The molecule has 2 aromatic rings. The van der Waals surface area contributed by atoms with Crippen molar-refractivity contribution in [3.05, 3.63) is 35.7 Å². The number of hydrogen-bond acceptors (Lipinski definition) is 5. The van der Waals surface area contributed by atoms with E-state index in [9.17, 15) is 13.6 Å². The van der Waals surface area contributed by atoms with E-state index in [1.807, 2.05) is 0 Å². The Morgan fingerprint density at radius 2 is 2.12 bits per heavy atom. The molecule has 1 aliphatic heterocycles. The topological polar surface area (TPSA) is 82.6 Å². The number of rotatable bonds is 3. The molecule has 0 saturated heterocycles. The smallest absolute Gasteiger partial charge is 0.410 e. The van der Waals surface area contributed by atoms with Crippen molar-refractivity contribution in [1.82, 2.24) is 14.7 Å². The number of carbonyl (C=O) groups excluding carboxylic acids is 1. The standard InChI is InChI=1S/C17H20F2N4O3/c1-17(2,3)26-16(24)22-7-10-8-23(21-13(10)9-22)11-4-5-12(20)14(6-11)25-15(18)19/h4-6,8,15H,7,9,20H2,1-3H3/i15D. The molecule has 26 heavy (non-hydrogen) atoms. The number of ether oxygens (including phenoxy) is 2. The molecule has 1 aliphatic rings. The van der Waals surface area contributed by atoms with Crippen molar-refractivity contribution < 1.29 is 24.4 Å². The van der Waals surface area contributed by atoms with Crippen LogP contribution in [0.15, 0.2) is 24.4 Å². The number of nitrogens with zero attached hydrogens (tertiary/aromatic N) is 3. The Bertz CT molecular complexity index is 851. The Hall–Kier alpha value is -2.84. The minimum atomic E-state index is -4.09. The first-order chi connectivity index (χ1) is 12.4. The van der Waals surface area contributed by atoms with E-state index in [2.05, 4.69) is 9.84 Å². The normalized spacial score (nSPS) is 14.8. The van der Waals surface area contributed by atoms with Gasteiger partial charge in [0.1, 0.15) is 5.60 Å². The van der Waals surface area contributed by atoms with Gasteiger partial charge in [-0.05, 0) is 32.9 Å². The molecule has 0 unspecified atom stereocenters. The minimum Gasteiger partial charge on any atom is -0.444 e. The number of halogens is 2. The van der Waals surface area contributed by atoms with Gasteiger partial charge >= 0.3 is 12.7 Å². The zero-order valence-corrected chi connectivity index (χ0v) is 14.6. The number of amides is 1. The summed E-state index contributed by atoms with van der Waals surface area (Å²) in [6.45, 7) is 1.92. The van der Waals surface area contributed by atoms with Gasteiger partial charge in [-0.3, -0.25) is 4.90 Å². The molecule has 3 rings (SSSR count). The fourth-order valence-corrected chi connectivity index (χ4v) is 2.58. The van der Waals surface area contributed by atoms with Gasteiger partial charge in [-0.15, -0.1) is 0 Å². The number of anilines is 1. The lowest BCUT2D eigenvalue weighted by molar-refractivity contribution is -0.0493. The van der Waals surface area contributed by atoms with E-state index in [0.29, 0.717) is 24.5 Å². The predicted octanol–water partition coefficient (Wildman–Crippen LogP) is 3.31. The van der Waals surface area contributed by atoms with Gasteiger partial charge < -0.3 is 15.2 Å². The summed E-state index contributed by atoms with van der Waals surface area (Å²) in [6, 6.07) is 4.28. The number of hydrogen-bond donors (Lipinski definition) is 1. The summed E-state index contributed by atoms with van der Waals surface area (Å²) in [6.07, 6.45) is 1.28. The number of carbonyl (C=O) groups is 1. The molecule has 0 spiro atoms. The molecule has 1 amide bonds. The van der Waals surface area contributed by atoms with Crippen molar-refractivity contribution in [3.8, 4) is 11.4 Å². The summed E-state index contributed by atoms with van der Waals surface area (Å²) in [4.78, 5) is 13.7. The van der Waals surface area contributed by atoms with Crippen LogP contribution in [0.4, 0.5) is 19.3 Å². The van der Waals surface area contributed by atoms with Gasteiger partial charge in [0, 0.05) is 17.8 Å². The first kappa shape index (κ1) is 16.6. The van der Waals surface area contributed by atoms with Gasteiger partial charge in [-0.1, -0.05) is 0 Å². The number of aromatic nitrogens is 2. The monoisotopic (exact) mass is 367 g/mol. The lowest BCUT2D eigenvalue weighted by Gasteiger charge is -2.24. The van der Waals surface area contributed by atoms with Crippen molar-refractivity contribution >= 4 is 11.8 Å². The highest BCUT2D eigenvalue weighted by atomic mass is 19.3. The van der Waals surface area contributed by atoms with E-state index in [-0.39, 0.29) is 11.4 Å². The molecule has 0 atom stereocenters. The third-order valence-corrected chi connectivity index (χ3v) is 3.68. The highest BCUT2D eigenvalue weighted by Crippen LogP contribution is 2.29. The van der Waals surface area contributed by atoms with E-state index < -0.39 is 18.3 Å². The SMILES string of the molecule is [2H]C(F)(F)Oc1cc(-n2cc3c(n2)CN(C(=O)OC(C)(C)C)C3)ccc1N. The number of fused-ring (bicyclic) bond motifs is 1. The third-order valence-electron chi connectivity index (χ3n) is 3.68. The van der Waals surface area contributed by atoms with E-state index >= 15 is 0 Å². The second kappa shape index (κ2) is 6.47. The maximum atomic E-state index is 12.8. The van der Waals surface area contributed by atoms with Crippen LogP contribution in [-0.2, 0) is 17.8 Å². The third kappa shape index (κ3) is 3.87. The fourth-order valence-electron chi connectivity index (χ4n) is 2.58. The number of benzene rings is 1. The molecular formula is C17H20F2N4O3. The average Bonchev–Trinajstić information content (AvgIpc) is 3.05. The van der Waals surface area contributed by atoms with E-state index in [4.69, 9.17) is 11.8 Å². The van der Waals surface area contributed by atoms with E-state index in [1.54, 1.807) is 33.0 Å². The number of nitrogens with two attached hydrogens (primary N) is 1. The highest BCUT2D eigenvalue weighted by Gasteiger charge is 2.30. The molecule has 9 heteroatoms. The highest BCUT2D eigenvalue weighted by molar-refractivity contribution is 5.69. The average molecular weight is 367 g/mol. The van der Waals surface area contributed by atoms with Crippen LogP contribution in [-0.4, -0.2) is 33.0 Å². The van der Waals surface area contributed by atoms with E-state index in [1.165, 1.54) is 21.7 Å². The Morgan fingerprint density at radius 3 is 2.73 bits per heavy atom. The summed E-state index contributed by atoms with van der Waals surface area (Å²) in [5, 5.41) is 4.39. The van der Waals surface area contributed by atoms with Gasteiger partial charge in [-0.25, -0.2) is 9.48 Å². The van der Waals surface area contributed by atoms with Crippen LogP contribution in [0.3, 0.4) is 0 Å². The summed E-state index contributed by atoms with van der Waals surface area (Å²) < 4.78 is 43.3. The number of nitrogen functional groups attached to an aromatic ring is 1. The molecule has 1 aromatic heterocycles. The van der Waals surface area contributed by atoms with Crippen LogP contribution in [0.1, 0.15) is 33.4 Å². The molecule has 1 aromatic carbocycles. The van der Waals surface area contributed by atoms with Crippen LogP contribution in [0, 0.1) is 0 Å². The molecule has 7 nitrogen and oxygen atoms in total. The lowest BCUT2D eigenvalue weighted by atomic mass is 10.2. The molecule has 0 radical (unpaired) electrons. The fraction of sp³-hybridized carbons (Fsp3) is 0.412. The van der Waals surface area contributed by atoms with Gasteiger partial charge in [0.05, 0.1) is 30.2 Å². The van der Waals surface area contributed by atoms with Gasteiger partial charge in [0.2, 0.25) is 0 Å². The number of alkyl halides is 2. The van der Waals surface area contributed by atoms with Crippen LogP contribution < -0.4 is 10.5 Å². The largest absolute Gasteiger partial charge is 0.444 e. The summed E-state index contributed by atoms with van der Waals surface area (Å²) in [7, 11) is 0. The Kier molecular flexibility index (Phi) is 4.14. The van der Waals surface area contributed by atoms with Crippen LogP contribution >= 0.6 is 0 Å². The lowest BCUT2D eigenvalue weighted by Crippen LogP contribution is -2.33. The maximum Gasteiger partial charge on any atom is 0.410 e. The molecule has 0 fully saturated rings. The van der Waals surface area contributed by atoms with Crippen molar-refractivity contribution in [2.75, 3.05) is 5.73 Å². The van der Waals surface area contributed by atoms with Gasteiger partial charge in [0.25, 0.3) is 0 Å². The molecule has 140 valence electrons. The molecule has 2 N–H and O–H groups in total. The molecule has 2 heterocycles. The van der Waals surface area contributed by atoms with Gasteiger partial charge in [-0.2, -0.15) is 13.9 Å². The summed E-state index contributed by atoms with van der Waals surface area (Å²) in [5.74, 6) is -0.307. The summed E-state index contributed by atoms with van der Waals surface area (Å²) in [5.41, 5.74) is 6.98. The quantitative estimate of drug-likeness (QED) is 0.842. The Morgan fingerprint density at radius 1 is 1.38 bits per heavy atom. The van der Waals surface area contributed by atoms with Crippen molar-refractivity contribution in [3.63, 3.8) is 0 Å². The van der Waals surface area contributed by atoms with Gasteiger partial charge in [0.15, 0.2) is 7.12 Å². The Labute approximate surface area is 150 Å². The van der Waals surface area contributed by atoms with Crippen molar-refractivity contribution in [1.29, 1.82) is 0 Å². The van der Waals surface area contributed by atoms with Crippen molar-refractivity contribution in [2.45, 2.75) is 46.0 Å². The molecule has 0 saturated carbocycles. The molecule has 0 aliphatic carbocycles. The zero-order chi connectivity index (χ0) is 20.0. The second-order valence-corrected chi connectivity index (χ2v) is 6.93. The summed E-state index contributed by atoms with van der Waals surface area (Å²) >= 11 is 0. The van der Waals surface area contributed by atoms with E-state index in [0.717, 1.165) is 5.56 Å². The second-order valence-electron chi connectivity index (χ2n) is 6.93. The minimum absolute atomic E-state index is 0.0125. The Balaban J connectivity index is 1.77. The van der Waals surface area contributed by atoms with Crippen LogP contribution in [0.5, 0.6) is 5.75 Å². The van der Waals surface area contributed by atoms with Crippen LogP contribution in [0.2, 0.25) is 0 Å². The first-order valence-electron chi connectivity index (χ1n) is 8.43. The van der Waals surface area contributed by atoms with Crippen LogP contribution in [0.25, 0.3) is 5.69 Å². The molecule has 0 bridgehead atoms. The van der Waals surface area contributed by atoms with Crippen molar-refractivity contribution in [2.24, 2.45) is 0 Å². The molecular weight excluding hydrogens is 346 g/mol. The predicted molar refractivity (Wildman–Crippen MR) is 90.1 cm³/mol. The zero-order valence-electron chi connectivity index (χ0n) is 15.6. The maximum absolute atomic E-state index is 12.8. The first-order valence-corrected chi connectivity index (χ1v) is 7.93.